The number of hydrogen-bond acceptors (Lipinski definition) is 5. The lowest BCUT2D eigenvalue weighted by atomic mass is 10.0. The number of rotatable bonds is 5. The molecule has 2 aromatic heterocycles. The lowest BCUT2D eigenvalue weighted by Gasteiger charge is -2.13. The van der Waals surface area contributed by atoms with Gasteiger partial charge in [0.1, 0.15) is 11.3 Å². The van der Waals surface area contributed by atoms with Gasteiger partial charge in [-0.2, -0.15) is 0 Å². The second kappa shape index (κ2) is 7.08. The summed E-state index contributed by atoms with van der Waals surface area (Å²) in [5, 5.41) is 0.864. The molecule has 5 heteroatoms. The van der Waals surface area contributed by atoms with Gasteiger partial charge in [0.15, 0.2) is 5.69 Å². The number of fused-ring (bicyclic) bond motifs is 1. The van der Waals surface area contributed by atoms with Gasteiger partial charge in [-0.25, -0.2) is 9.78 Å². The zero-order chi connectivity index (χ0) is 16.9. The molecule has 1 unspecified atom stereocenters. The van der Waals surface area contributed by atoms with Crippen molar-refractivity contribution in [2.75, 3.05) is 13.7 Å². The van der Waals surface area contributed by atoms with Crippen LogP contribution in [0.5, 0.6) is 5.75 Å². The van der Waals surface area contributed by atoms with Crippen molar-refractivity contribution in [2.45, 2.75) is 12.8 Å². The molecule has 1 atom stereocenters. The maximum absolute atomic E-state index is 12.4. The lowest BCUT2D eigenvalue weighted by molar-refractivity contribution is 0.0480. The fourth-order valence-corrected chi connectivity index (χ4v) is 2.45. The highest BCUT2D eigenvalue weighted by Gasteiger charge is 2.16. The zero-order valence-electron chi connectivity index (χ0n) is 13.6. The molecule has 0 amide bonds. The molecule has 0 saturated carbocycles. The minimum absolute atomic E-state index is 0.0720. The van der Waals surface area contributed by atoms with Crippen LogP contribution >= 0.6 is 0 Å². The van der Waals surface area contributed by atoms with E-state index in [-0.39, 0.29) is 18.2 Å². The molecule has 5 nitrogen and oxygen atoms in total. The Morgan fingerprint density at radius 1 is 1.08 bits per heavy atom. The number of ether oxygens (including phenoxy) is 2. The highest BCUT2D eigenvalue weighted by molar-refractivity contribution is 6.00. The summed E-state index contributed by atoms with van der Waals surface area (Å²) in [6.45, 7) is 2.28. The summed E-state index contributed by atoms with van der Waals surface area (Å²) in [5.41, 5.74) is 1.88. The Kier molecular flexibility index (Phi) is 4.70. The minimum atomic E-state index is -0.459. The molecule has 3 aromatic rings. The van der Waals surface area contributed by atoms with Crippen LogP contribution in [-0.2, 0) is 4.74 Å². The summed E-state index contributed by atoms with van der Waals surface area (Å²) in [7, 11) is 1.63. The van der Waals surface area contributed by atoms with Crippen molar-refractivity contribution >= 4 is 16.9 Å². The highest BCUT2D eigenvalue weighted by Crippen LogP contribution is 2.20. The maximum Gasteiger partial charge on any atom is 0.359 e. The van der Waals surface area contributed by atoms with Crippen LogP contribution in [0.4, 0.5) is 0 Å². The van der Waals surface area contributed by atoms with E-state index in [9.17, 15) is 4.79 Å². The number of methoxy groups -OCH3 is 1. The van der Waals surface area contributed by atoms with E-state index in [0.29, 0.717) is 5.52 Å². The first-order valence-electron chi connectivity index (χ1n) is 7.70. The Bertz CT molecular complexity index is 841. The Hall–Kier alpha value is -2.95. The van der Waals surface area contributed by atoms with Gasteiger partial charge in [0.2, 0.25) is 0 Å². The van der Waals surface area contributed by atoms with E-state index < -0.39 is 5.97 Å². The van der Waals surface area contributed by atoms with E-state index in [1.807, 2.05) is 49.4 Å². The largest absolute Gasteiger partial charge is 0.497 e. The van der Waals surface area contributed by atoms with Gasteiger partial charge in [-0.15, -0.1) is 0 Å². The molecule has 0 radical (unpaired) electrons. The van der Waals surface area contributed by atoms with Gasteiger partial charge in [0.25, 0.3) is 0 Å². The summed E-state index contributed by atoms with van der Waals surface area (Å²) < 4.78 is 10.6. The molecule has 0 aliphatic carbocycles. The molecule has 1 aromatic carbocycles. The fraction of sp³-hybridized carbons (Fsp3) is 0.211. The average molecular weight is 322 g/mol. The van der Waals surface area contributed by atoms with Gasteiger partial charge in [0, 0.05) is 23.7 Å². The number of pyridine rings is 2. The first-order valence-corrected chi connectivity index (χ1v) is 7.70. The topological polar surface area (TPSA) is 61.3 Å². The summed E-state index contributed by atoms with van der Waals surface area (Å²) in [5.74, 6) is 0.413. The third kappa shape index (κ3) is 3.35. The zero-order valence-corrected chi connectivity index (χ0v) is 13.6. The van der Waals surface area contributed by atoms with Crippen LogP contribution in [0.2, 0.25) is 0 Å². The van der Waals surface area contributed by atoms with Gasteiger partial charge in [-0.1, -0.05) is 25.1 Å². The van der Waals surface area contributed by atoms with E-state index in [4.69, 9.17) is 9.47 Å². The third-order valence-corrected chi connectivity index (χ3v) is 3.86. The van der Waals surface area contributed by atoms with Crippen molar-refractivity contribution in [2.24, 2.45) is 0 Å². The summed E-state index contributed by atoms with van der Waals surface area (Å²) in [6, 6.07) is 13.3. The van der Waals surface area contributed by atoms with Crippen LogP contribution in [0.1, 0.15) is 28.9 Å². The first kappa shape index (κ1) is 15.9. The van der Waals surface area contributed by atoms with Crippen molar-refractivity contribution in [3.8, 4) is 5.75 Å². The van der Waals surface area contributed by atoms with Crippen molar-refractivity contribution < 1.29 is 14.3 Å². The van der Waals surface area contributed by atoms with Crippen molar-refractivity contribution in [1.29, 1.82) is 0 Å². The van der Waals surface area contributed by atoms with E-state index in [1.54, 1.807) is 19.5 Å². The Morgan fingerprint density at radius 2 is 1.88 bits per heavy atom. The summed E-state index contributed by atoms with van der Waals surface area (Å²) >= 11 is 0. The quantitative estimate of drug-likeness (QED) is 0.672. The van der Waals surface area contributed by atoms with Crippen LogP contribution < -0.4 is 4.74 Å². The van der Waals surface area contributed by atoms with E-state index in [1.165, 1.54) is 0 Å². The SMILES string of the molecule is COc1ccc(C(C)COC(=O)c2nccc3cccnc23)cc1. The summed E-state index contributed by atoms with van der Waals surface area (Å²) in [4.78, 5) is 20.7. The monoisotopic (exact) mass is 322 g/mol. The standard InChI is InChI=1S/C19H18N2O3/c1-13(14-5-7-16(23-2)8-6-14)12-24-19(22)18-17-15(9-11-21-18)4-3-10-20-17/h3-11,13H,12H2,1-2H3. The number of nitrogens with zero attached hydrogens (tertiary/aromatic N) is 2. The second-order valence-electron chi connectivity index (χ2n) is 5.51. The molecule has 0 saturated heterocycles. The van der Waals surface area contributed by atoms with Crippen molar-refractivity contribution in [3.63, 3.8) is 0 Å². The first-order chi connectivity index (χ1) is 11.7. The summed E-state index contributed by atoms with van der Waals surface area (Å²) in [6.07, 6.45) is 3.23. The molecule has 2 heterocycles. The maximum atomic E-state index is 12.4. The van der Waals surface area contributed by atoms with E-state index in [2.05, 4.69) is 9.97 Å². The predicted molar refractivity (Wildman–Crippen MR) is 91.2 cm³/mol. The van der Waals surface area contributed by atoms with Crippen LogP contribution in [0.3, 0.4) is 0 Å². The third-order valence-electron chi connectivity index (χ3n) is 3.86. The fourth-order valence-electron chi connectivity index (χ4n) is 2.45. The number of esters is 1. The normalized spacial score (nSPS) is 11.9. The molecular formula is C19H18N2O3. The lowest BCUT2D eigenvalue weighted by Crippen LogP contribution is -2.13. The van der Waals surface area contributed by atoms with Gasteiger partial charge in [-0.05, 0) is 29.8 Å². The molecule has 24 heavy (non-hydrogen) atoms. The number of carbonyl (C=O) groups excluding carboxylic acids is 1. The Morgan fingerprint density at radius 3 is 2.62 bits per heavy atom. The van der Waals surface area contributed by atoms with Crippen LogP contribution in [0, 0.1) is 0 Å². The smallest absolute Gasteiger partial charge is 0.359 e. The molecule has 122 valence electrons. The predicted octanol–water partition coefficient (Wildman–Crippen LogP) is 3.60. The van der Waals surface area contributed by atoms with Gasteiger partial charge in [-0.3, -0.25) is 4.98 Å². The van der Waals surface area contributed by atoms with E-state index >= 15 is 0 Å². The molecule has 0 fully saturated rings. The van der Waals surface area contributed by atoms with E-state index in [0.717, 1.165) is 16.7 Å². The molecule has 0 aliphatic rings. The molecule has 0 aliphatic heterocycles. The molecule has 0 spiro atoms. The molecule has 3 rings (SSSR count). The Labute approximate surface area is 140 Å². The van der Waals surface area contributed by atoms with Gasteiger partial charge >= 0.3 is 5.97 Å². The Balaban J connectivity index is 1.70. The van der Waals surface area contributed by atoms with Crippen molar-refractivity contribution in [1.82, 2.24) is 9.97 Å². The van der Waals surface area contributed by atoms with Crippen molar-refractivity contribution in [3.05, 3.63) is 66.1 Å². The molecular weight excluding hydrogens is 304 g/mol. The highest BCUT2D eigenvalue weighted by atomic mass is 16.5. The molecule has 0 N–H and O–H groups in total. The van der Waals surface area contributed by atoms with Crippen LogP contribution in [0.25, 0.3) is 10.9 Å². The van der Waals surface area contributed by atoms with Gasteiger partial charge < -0.3 is 9.47 Å². The number of hydrogen-bond donors (Lipinski definition) is 0. The number of benzene rings is 1. The number of aromatic nitrogens is 2. The van der Waals surface area contributed by atoms with Crippen LogP contribution in [0.15, 0.2) is 54.9 Å². The van der Waals surface area contributed by atoms with Gasteiger partial charge in [0.05, 0.1) is 13.7 Å². The second-order valence-corrected chi connectivity index (χ2v) is 5.51. The van der Waals surface area contributed by atoms with Crippen LogP contribution in [-0.4, -0.2) is 29.7 Å². The minimum Gasteiger partial charge on any atom is -0.497 e. The average Bonchev–Trinajstić information content (AvgIpc) is 2.65. The number of carbonyl (C=O) groups is 1. The molecule has 0 bridgehead atoms.